The molecule has 33 heavy (non-hydrogen) atoms. The Morgan fingerprint density at radius 2 is 1.45 bits per heavy atom. The summed E-state index contributed by atoms with van der Waals surface area (Å²) in [5.74, 6) is -3.49. The van der Waals surface area contributed by atoms with Crippen LogP contribution in [0.15, 0.2) is 24.3 Å². The van der Waals surface area contributed by atoms with Crippen molar-refractivity contribution in [2.75, 3.05) is 12.4 Å². The molecule has 4 atom stereocenters. The average Bonchev–Trinajstić information content (AvgIpc) is 2.76. The van der Waals surface area contributed by atoms with Crippen LogP contribution in [0.3, 0.4) is 0 Å². The monoisotopic (exact) mass is 484 g/mol. The first-order valence-corrected chi connectivity index (χ1v) is 11.0. The number of phenols is 1. The van der Waals surface area contributed by atoms with Crippen molar-refractivity contribution < 1.29 is 34.5 Å². The van der Waals surface area contributed by atoms with Crippen molar-refractivity contribution in [3.05, 3.63) is 29.8 Å². The molecule has 0 spiro atoms. The first-order valence-electron chi connectivity index (χ1n) is 10.4. The van der Waals surface area contributed by atoms with E-state index in [1.807, 2.05) is 13.8 Å². The lowest BCUT2D eigenvalue weighted by Gasteiger charge is -2.25. The summed E-state index contributed by atoms with van der Waals surface area (Å²) >= 11 is 3.90. The minimum absolute atomic E-state index is 0.0234. The van der Waals surface area contributed by atoms with E-state index in [-0.39, 0.29) is 30.3 Å². The highest BCUT2D eigenvalue weighted by molar-refractivity contribution is 7.80. The van der Waals surface area contributed by atoms with Gasteiger partial charge in [0.2, 0.25) is 17.7 Å². The number of aromatic hydroxyl groups is 1. The molecule has 12 heteroatoms. The predicted octanol–water partition coefficient (Wildman–Crippen LogP) is -1.23. The summed E-state index contributed by atoms with van der Waals surface area (Å²) in [5, 5.41) is 35.6. The number of aliphatic hydroxyl groups is 1. The van der Waals surface area contributed by atoms with Crippen molar-refractivity contribution in [1.29, 1.82) is 0 Å². The molecule has 0 aliphatic carbocycles. The number of rotatable bonds is 13. The van der Waals surface area contributed by atoms with Crippen molar-refractivity contribution in [3.63, 3.8) is 0 Å². The Labute approximate surface area is 197 Å². The Morgan fingerprint density at radius 1 is 0.939 bits per heavy atom. The number of hydrogen-bond donors (Lipinski definition) is 8. The SMILES string of the molecule is CC(C)CC(NC(=O)C(CO)NC(=O)C(N)CS)C(=O)NC(Cc1ccc(O)cc1)C(=O)O. The Bertz CT molecular complexity index is 819. The normalized spacial score (nSPS) is 14.6. The zero-order valence-electron chi connectivity index (χ0n) is 18.5. The minimum Gasteiger partial charge on any atom is -0.508 e. The van der Waals surface area contributed by atoms with E-state index < -0.39 is 54.5 Å². The Hall–Kier alpha value is -2.83. The first-order chi connectivity index (χ1) is 15.5. The van der Waals surface area contributed by atoms with Crippen LogP contribution in [0.5, 0.6) is 5.75 Å². The van der Waals surface area contributed by atoms with Crippen LogP contribution in [-0.2, 0) is 25.6 Å². The van der Waals surface area contributed by atoms with Gasteiger partial charge < -0.3 is 37.0 Å². The third kappa shape index (κ3) is 9.68. The van der Waals surface area contributed by atoms with Crippen LogP contribution >= 0.6 is 12.6 Å². The number of thiol groups is 1. The van der Waals surface area contributed by atoms with Crippen LogP contribution in [0.4, 0.5) is 0 Å². The van der Waals surface area contributed by atoms with E-state index in [4.69, 9.17) is 5.73 Å². The largest absolute Gasteiger partial charge is 0.508 e. The molecule has 0 radical (unpaired) electrons. The molecule has 0 saturated heterocycles. The zero-order chi connectivity index (χ0) is 25.1. The maximum absolute atomic E-state index is 12.9. The number of carboxylic acids is 1. The van der Waals surface area contributed by atoms with Gasteiger partial charge in [0.05, 0.1) is 12.6 Å². The van der Waals surface area contributed by atoms with Crippen LogP contribution in [0.25, 0.3) is 0 Å². The van der Waals surface area contributed by atoms with E-state index in [0.717, 1.165) is 0 Å². The molecule has 0 fully saturated rings. The van der Waals surface area contributed by atoms with E-state index in [1.54, 1.807) is 0 Å². The van der Waals surface area contributed by atoms with Crippen LogP contribution in [0.2, 0.25) is 0 Å². The summed E-state index contributed by atoms with van der Waals surface area (Å²) in [6.07, 6.45) is 0.145. The molecule has 11 nitrogen and oxygen atoms in total. The van der Waals surface area contributed by atoms with Gasteiger partial charge in [-0.3, -0.25) is 14.4 Å². The average molecular weight is 485 g/mol. The maximum Gasteiger partial charge on any atom is 0.326 e. The Kier molecular flexibility index (Phi) is 11.7. The van der Waals surface area contributed by atoms with Gasteiger partial charge in [-0.15, -0.1) is 0 Å². The number of amides is 3. The van der Waals surface area contributed by atoms with Gasteiger partial charge in [0.1, 0.15) is 23.9 Å². The van der Waals surface area contributed by atoms with Gasteiger partial charge in [-0.25, -0.2) is 4.79 Å². The highest BCUT2D eigenvalue weighted by Crippen LogP contribution is 2.12. The summed E-state index contributed by atoms with van der Waals surface area (Å²) in [4.78, 5) is 49.1. The quantitative estimate of drug-likeness (QED) is 0.160. The van der Waals surface area contributed by atoms with E-state index in [1.165, 1.54) is 24.3 Å². The van der Waals surface area contributed by atoms with Crippen molar-refractivity contribution in [2.24, 2.45) is 11.7 Å². The lowest BCUT2D eigenvalue weighted by atomic mass is 10.0. The Balaban J connectivity index is 2.92. The molecule has 0 bridgehead atoms. The molecule has 3 amide bonds. The van der Waals surface area contributed by atoms with Crippen molar-refractivity contribution in [2.45, 2.75) is 50.9 Å². The molecule has 4 unspecified atom stereocenters. The highest BCUT2D eigenvalue weighted by atomic mass is 32.1. The second kappa shape index (κ2) is 13.7. The number of benzene rings is 1. The molecule has 1 aromatic rings. The van der Waals surface area contributed by atoms with Crippen LogP contribution in [0.1, 0.15) is 25.8 Å². The summed E-state index contributed by atoms with van der Waals surface area (Å²) in [5.41, 5.74) is 6.13. The lowest BCUT2D eigenvalue weighted by Crippen LogP contribution is -2.58. The predicted molar refractivity (Wildman–Crippen MR) is 124 cm³/mol. The number of carbonyl (C=O) groups excluding carboxylic acids is 3. The molecule has 1 rings (SSSR count). The molecule has 0 aromatic heterocycles. The number of aliphatic carboxylic acids is 1. The second-order valence-electron chi connectivity index (χ2n) is 7.99. The molecule has 0 aliphatic rings. The third-order valence-electron chi connectivity index (χ3n) is 4.68. The molecular formula is C21H32N4O7S. The lowest BCUT2D eigenvalue weighted by molar-refractivity contribution is -0.142. The maximum atomic E-state index is 12.9. The second-order valence-corrected chi connectivity index (χ2v) is 8.36. The first kappa shape index (κ1) is 28.2. The molecule has 0 heterocycles. The number of carbonyl (C=O) groups is 4. The van der Waals surface area contributed by atoms with Gasteiger partial charge in [-0.05, 0) is 30.0 Å². The Morgan fingerprint density at radius 3 is 1.94 bits per heavy atom. The molecule has 184 valence electrons. The number of nitrogens with one attached hydrogen (secondary N) is 3. The number of hydrogen-bond acceptors (Lipinski definition) is 8. The van der Waals surface area contributed by atoms with Crippen LogP contribution in [-0.4, -0.2) is 75.5 Å². The van der Waals surface area contributed by atoms with Crippen LogP contribution < -0.4 is 21.7 Å². The molecule has 0 saturated carbocycles. The number of carboxylic acid groups (broad SMARTS) is 1. The van der Waals surface area contributed by atoms with Gasteiger partial charge in [0.25, 0.3) is 0 Å². The van der Waals surface area contributed by atoms with E-state index in [9.17, 15) is 34.5 Å². The van der Waals surface area contributed by atoms with Gasteiger partial charge in [-0.1, -0.05) is 26.0 Å². The van der Waals surface area contributed by atoms with Crippen molar-refractivity contribution >= 4 is 36.3 Å². The molecule has 1 aromatic carbocycles. The number of aliphatic hydroxyl groups excluding tert-OH is 1. The van der Waals surface area contributed by atoms with Crippen molar-refractivity contribution in [3.8, 4) is 5.75 Å². The topological polar surface area (TPSA) is 191 Å². The van der Waals surface area contributed by atoms with Gasteiger partial charge >= 0.3 is 5.97 Å². The van der Waals surface area contributed by atoms with Crippen molar-refractivity contribution in [1.82, 2.24) is 16.0 Å². The van der Waals surface area contributed by atoms with E-state index in [0.29, 0.717) is 5.56 Å². The molecular weight excluding hydrogens is 452 g/mol. The van der Waals surface area contributed by atoms with Gasteiger partial charge in [0, 0.05) is 12.2 Å². The standard InChI is InChI=1S/C21H32N4O7S/c1-11(2)7-15(23-20(30)17(9-26)25-18(28)14(22)10-33)19(29)24-16(21(31)32)8-12-3-5-13(27)6-4-12/h3-6,11,14-17,26-27,33H,7-10,22H2,1-2H3,(H,23,30)(H,24,29)(H,25,28)(H,31,32). The third-order valence-corrected chi connectivity index (χ3v) is 5.07. The molecule has 8 N–H and O–H groups in total. The van der Waals surface area contributed by atoms with Gasteiger partial charge in [-0.2, -0.15) is 12.6 Å². The smallest absolute Gasteiger partial charge is 0.326 e. The highest BCUT2D eigenvalue weighted by Gasteiger charge is 2.30. The van der Waals surface area contributed by atoms with Gasteiger partial charge in [0.15, 0.2) is 0 Å². The number of phenolic OH excluding ortho intramolecular Hbond substituents is 1. The summed E-state index contributed by atoms with van der Waals surface area (Å²) in [7, 11) is 0. The molecule has 0 aliphatic heterocycles. The number of nitrogens with two attached hydrogens (primary N) is 1. The summed E-state index contributed by atoms with van der Waals surface area (Å²) < 4.78 is 0. The summed E-state index contributed by atoms with van der Waals surface area (Å²) in [6.45, 7) is 2.90. The minimum atomic E-state index is -1.35. The fraction of sp³-hybridized carbons (Fsp3) is 0.524. The van der Waals surface area contributed by atoms with Crippen LogP contribution in [0, 0.1) is 5.92 Å². The zero-order valence-corrected chi connectivity index (χ0v) is 19.4. The fourth-order valence-corrected chi connectivity index (χ4v) is 3.04. The fourth-order valence-electron chi connectivity index (χ4n) is 2.87. The van der Waals surface area contributed by atoms with E-state index in [2.05, 4.69) is 28.6 Å². The van der Waals surface area contributed by atoms with E-state index >= 15 is 0 Å². The summed E-state index contributed by atoms with van der Waals surface area (Å²) in [6, 6.07) is 1.16.